The average Bonchev–Trinajstić information content (AvgIpc) is 3.06. The van der Waals surface area contributed by atoms with E-state index in [4.69, 9.17) is 0 Å². The average molecular weight is 261 g/mol. The Morgan fingerprint density at radius 3 is 2.50 bits per heavy atom. The van der Waals surface area contributed by atoms with E-state index in [1.165, 1.54) is 12.8 Å². The Labute approximate surface area is 103 Å². The maximum absolute atomic E-state index is 13.1. The molecule has 5 heteroatoms. The van der Waals surface area contributed by atoms with Gasteiger partial charge in [-0.15, -0.1) is 0 Å². The van der Waals surface area contributed by atoms with Crippen molar-refractivity contribution in [1.29, 1.82) is 0 Å². The lowest BCUT2D eigenvalue weighted by Crippen LogP contribution is -2.16. The molecule has 1 saturated carbocycles. The molecule has 1 aliphatic carbocycles. The highest BCUT2D eigenvalue weighted by Crippen LogP contribution is 2.32. The van der Waals surface area contributed by atoms with Gasteiger partial charge < -0.3 is 5.32 Å². The molecule has 1 nitrogen and oxygen atoms in total. The summed E-state index contributed by atoms with van der Waals surface area (Å²) < 4.78 is 50.5. The third-order valence-electron chi connectivity index (χ3n) is 3.04. The second-order valence-corrected chi connectivity index (χ2v) is 4.75. The Hall–Kier alpha value is -1.10. The van der Waals surface area contributed by atoms with E-state index < -0.39 is 17.6 Å². The van der Waals surface area contributed by atoms with E-state index in [1.807, 2.05) is 0 Å². The molecule has 1 aliphatic rings. The van der Waals surface area contributed by atoms with E-state index in [2.05, 4.69) is 5.32 Å². The highest BCUT2D eigenvalue weighted by atomic mass is 19.4. The Kier molecular flexibility index (Phi) is 3.90. The number of rotatable bonds is 5. The fourth-order valence-corrected chi connectivity index (χ4v) is 1.86. The summed E-state index contributed by atoms with van der Waals surface area (Å²) in [4.78, 5) is 0. The van der Waals surface area contributed by atoms with Crippen molar-refractivity contribution >= 4 is 0 Å². The van der Waals surface area contributed by atoms with Gasteiger partial charge in [0.25, 0.3) is 0 Å². The van der Waals surface area contributed by atoms with Gasteiger partial charge in [-0.25, -0.2) is 4.39 Å². The van der Waals surface area contributed by atoms with Crippen LogP contribution in [0.25, 0.3) is 0 Å². The van der Waals surface area contributed by atoms with E-state index in [-0.39, 0.29) is 6.54 Å². The van der Waals surface area contributed by atoms with E-state index >= 15 is 0 Å². The lowest BCUT2D eigenvalue weighted by Gasteiger charge is -2.10. The maximum atomic E-state index is 13.1. The van der Waals surface area contributed by atoms with Crippen LogP contribution in [-0.4, -0.2) is 6.54 Å². The van der Waals surface area contributed by atoms with Crippen LogP contribution in [-0.2, 0) is 12.7 Å². The van der Waals surface area contributed by atoms with Crippen molar-refractivity contribution in [3.8, 4) is 0 Å². The standard InChI is InChI=1S/C13H15F4N/c14-12-6-10(5-11(7-12)13(15,16)17)8-18-4-3-9-1-2-9/h5-7,9,18H,1-4,8H2. The molecule has 0 spiro atoms. The van der Waals surface area contributed by atoms with Crippen LogP contribution in [0.2, 0.25) is 0 Å². The van der Waals surface area contributed by atoms with Gasteiger partial charge >= 0.3 is 6.18 Å². The number of hydrogen-bond donors (Lipinski definition) is 1. The summed E-state index contributed by atoms with van der Waals surface area (Å²) in [5, 5.41) is 3.04. The zero-order chi connectivity index (χ0) is 13.2. The number of nitrogens with one attached hydrogen (secondary N) is 1. The van der Waals surface area contributed by atoms with E-state index in [9.17, 15) is 17.6 Å². The zero-order valence-corrected chi connectivity index (χ0v) is 9.86. The van der Waals surface area contributed by atoms with Crippen molar-refractivity contribution in [3.63, 3.8) is 0 Å². The predicted octanol–water partition coefficient (Wildman–Crippen LogP) is 3.73. The first-order valence-corrected chi connectivity index (χ1v) is 6.02. The monoisotopic (exact) mass is 261 g/mol. The molecule has 0 amide bonds. The molecule has 0 aromatic heterocycles. The largest absolute Gasteiger partial charge is 0.416 e. The zero-order valence-electron chi connectivity index (χ0n) is 9.86. The van der Waals surface area contributed by atoms with Crippen LogP contribution in [0.5, 0.6) is 0 Å². The highest BCUT2D eigenvalue weighted by Gasteiger charge is 2.31. The quantitative estimate of drug-likeness (QED) is 0.629. The topological polar surface area (TPSA) is 12.0 Å². The van der Waals surface area contributed by atoms with Gasteiger partial charge in [-0.05, 0) is 42.6 Å². The number of benzene rings is 1. The first kappa shape index (κ1) is 13.3. The Morgan fingerprint density at radius 1 is 1.17 bits per heavy atom. The van der Waals surface area contributed by atoms with Crippen molar-refractivity contribution < 1.29 is 17.6 Å². The number of halogens is 4. The van der Waals surface area contributed by atoms with Crippen LogP contribution >= 0.6 is 0 Å². The summed E-state index contributed by atoms with van der Waals surface area (Å²) in [6.45, 7) is 1.04. The van der Waals surface area contributed by atoms with Gasteiger partial charge in [0.05, 0.1) is 5.56 Å². The minimum absolute atomic E-state index is 0.271. The molecule has 1 aromatic carbocycles. The molecule has 0 unspecified atom stereocenters. The van der Waals surface area contributed by atoms with Gasteiger partial charge in [0.15, 0.2) is 0 Å². The van der Waals surface area contributed by atoms with Gasteiger partial charge in [0.2, 0.25) is 0 Å². The molecule has 0 atom stereocenters. The molecular formula is C13H15F4N. The fraction of sp³-hybridized carbons (Fsp3) is 0.538. The Balaban J connectivity index is 1.92. The second-order valence-electron chi connectivity index (χ2n) is 4.75. The summed E-state index contributed by atoms with van der Waals surface area (Å²) in [5.74, 6) is -0.0698. The molecule has 0 aliphatic heterocycles. The summed E-state index contributed by atoms with van der Waals surface area (Å²) in [6, 6.07) is 2.65. The van der Waals surface area contributed by atoms with Gasteiger partial charge in [0, 0.05) is 6.54 Å². The summed E-state index contributed by atoms with van der Waals surface area (Å²) in [6.07, 6.45) is -0.952. The van der Waals surface area contributed by atoms with E-state index in [1.54, 1.807) is 0 Å². The third kappa shape index (κ3) is 3.98. The van der Waals surface area contributed by atoms with Crippen molar-refractivity contribution in [3.05, 3.63) is 35.1 Å². The molecule has 0 radical (unpaired) electrons. The first-order valence-electron chi connectivity index (χ1n) is 6.02. The Morgan fingerprint density at radius 2 is 1.89 bits per heavy atom. The normalized spacial score (nSPS) is 16.0. The second kappa shape index (κ2) is 5.26. The molecule has 0 bridgehead atoms. The lowest BCUT2D eigenvalue weighted by atomic mass is 10.1. The van der Waals surface area contributed by atoms with Crippen molar-refractivity contribution in [2.75, 3.05) is 6.54 Å². The molecule has 1 N–H and O–H groups in total. The molecule has 0 saturated heterocycles. The smallest absolute Gasteiger partial charge is 0.313 e. The van der Waals surface area contributed by atoms with Gasteiger partial charge in [-0.3, -0.25) is 0 Å². The minimum atomic E-state index is -4.50. The molecule has 100 valence electrons. The molecular weight excluding hydrogens is 246 g/mol. The molecule has 0 heterocycles. The first-order chi connectivity index (χ1) is 8.45. The molecule has 1 aromatic rings. The van der Waals surface area contributed by atoms with Crippen LogP contribution in [0, 0.1) is 11.7 Å². The molecule has 2 rings (SSSR count). The molecule has 1 fully saturated rings. The van der Waals surface area contributed by atoms with Crippen molar-refractivity contribution in [1.82, 2.24) is 5.32 Å². The van der Waals surface area contributed by atoms with Crippen LogP contribution in [0.1, 0.15) is 30.4 Å². The Bertz CT molecular complexity index is 410. The van der Waals surface area contributed by atoms with Gasteiger partial charge in [0.1, 0.15) is 5.82 Å². The van der Waals surface area contributed by atoms with Gasteiger partial charge in [-0.1, -0.05) is 12.8 Å². The minimum Gasteiger partial charge on any atom is -0.313 e. The fourth-order valence-electron chi connectivity index (χ4n) is 1.86. The van der Waals surface area contributed by atoms with Crippen LogP contribution < -0.4 is 5.32 Å². The summed E-state index contributed by atoms with van der Waals surface area (Å²) in [5.41, 5.74) is -0.598. The van der Waals surface area contributed by atoms with Crippen LogP contribution in [0.4, 0.5) is 17.6 Å². The number of hydrogen-bond acceptors (Lipinski definition) is 1. The SMILES string of the molecule is Fc1cc(CNCCC2CC2)cc(C(F)(F)F)c1. The summed E-state index contributed by atoms with van der Waals surface area (Å²) in [7, 11) is 0. The van der Waals surface area contributed by atoms with E-state index in [0.29, 0.717) is 11.6 Å². The van der Waals surface area contributed by atoms with Crippen LogP contribution in [0.3, 0.4) is 0 Å². The number of alkyl halides is 3. The van der Waals surface area contributed by atoms with Gasteiger partial charge in [-0.2, -0.15) is 13.2 Å². The van der Waals surface area contributed by atoms with Crippen molar-refractivity contribution in [2.45, 2.75) is 32.0 Å². The van der Waals surface area contributed by atoms with E-state index in [0.717, 1.165) is 31.0 Å². The molecule has 18 heavy (non-hydrogen) atoms. The maximum Gasteiger partial charge on any atom is 0.416 e. The predicted molar refractivity (Wildman–Crippen MR) is 60.4 cm³/mol. The van der Waals surface area contributed by atoms with Crippen molar-refractivity contribution in [2.24, 2.45) is 5.92 Å². The van der Waals surface area contributed by atoms with Crippen LogP contribution in [0.15, 0.2) is 18.2 Å². The highest BCUT2D eigenvalue weighted by molar-refractivity contribution is 5.26. The third-order valence-corrected chi connectivity index (χ3v) is 3.04. The summed E-state index contributed by atoms with van der Waals surface area (Å²) >= 11 is 0. The lowest BCUT2D eigenvalue weighted by molar-refractivity contribution is -0.137.